The minimum absolute atomic E-state index is 0.0435. The van der Waals surface area contributed by atoms with Crippen molar-refractivity contribution in [3.8, 4) is 0 Å². The van der Waals surface area contributed by atoms with E-state index < -0.39 is 16.0 Å². The van der Waals surface area contributed by atoms with Gasteiger partial charge in [0.05, 0.1) is 11.3 Å². The molecular weight excluding hydrogens is 292 g/mol. The van der Waals surface area contributed by atoms with Crippen molar-refractivity contribution in [2.45, 2.75) is 38.6 Å². The van der Waals surface area contributed by atoms with Crippen LogP contribution in [0.15, 0.2) is 23.1 Å². The SMILES string of the molecule is CC(N(C)S(=O)(=O)c1ccc(C(=O)O)cc1N)C(C)(C)C. The summed E-state index contributed by atoms with van der Waals surface area (Å²) in [5.41, 5.74) is 5.37. The zero-order chi connectivity index (χ0) is 16.6. The van der Waals surface area contributed by atoms with E-state index in [4.69, 9.17) is 10.8 Å². The zero-order valence-corrected chi connectivity index (χ0v) is 13.7. The second-order valence-corrected chi connectivity index (χ2v) is 8.09. The van der Waals surface area contributed by atoms with Crippen LogP contribution < -0.4 is 5.73 Å². The average molecular weight is 314 g/mol. The lowest BCUT2D eigenvalue weighted by molar-refractivity contribution is 0.0697. The Morgan fingerprint density at radius 1 is 1.33 bits per heavy atom. The second-order valence-electron chi connectivity index (χ2n) is 6.12. The third-order valence-electron chi connectivity index (χ3n) is 3.71. The van der Waals surface area contributed by atoms with Gasteiger partial charge in [-0.05, 0) is 30.5 Å². The van der Waals surface area contributed by atoms with Crippen LogP contribution in [0, 0.1) is 5.41 Å². The maximum atomic E-state index is 12.6. The molecule has 6 nitrogen and oxygen atoms in total. The first-order valence-corrected chi connectivity index (χ1v) is 7.94. The average Bonchev–Trinajstić information content (AvgIpc) is 2.35. The maximum absolute atomic E-state index is 12.6. The Morgan fingerprint density at radius 2 is 1.86 bits per heavy atom. The fraction of sp³-hybridized carbons (Fsp3) is 0.500. The summed E-state index contributed by atoms with van der Waals surface area (Å²) in [6.45, 7) is 7.65. The van der Waals surface area contributed by atoms with Gasteiger partial charge in [0.2, 0.25) is 10.0 Å². The molecule has 0 heterocycles. The highest BCUT2D eigenvalue weighted by Crippen LogP contribution is 2.30. The molecule has 7 heteroatoms. The highest BCUT2D eigenvalue weighted by atomic mass is 32.2. The van der Waals surface area contributed by atoms with Gasteiger partial charge in [0, 0.05) is 13.1 Å². The van der Waals surface area contributed by atoms with Gasteiger partial charge in [-0.15, -0.1) is 0 Å². The summed E-state index contributed by atoms with van der Waals surface area (Å²) >= 11 is 0. The molecule has 118 valence electrons. The number of carbonyl (C=O) groups is 1. The Balaban J connectivity index is 3.29. The Labute approximate surface area is 125 Å². The molecule has 0 amide bonds. The van der Waals surface area contributed by atoms with E-state index in [9.17, 15) is 13.2 Å². The molecule has 3 N–H and O–H groups in total. The van der Waals surface area contributed by atoms with E-state index in [-0.39, 0.29) is 27.6 Å². The van der Waals surface area contributed by atoms with Crippen molar-refractivity contribution in [3.63, 3.8) is 0 Å². The molecule has 0 aromatic heterocycles. The van der Waals surface area contributed by atoms with Crippen LogP contribution in [0.2, 0.25) is 0 Å². The molecule has 0 saturated heterocycles. The molecule has 1 aromatic carbocycles. The summed E-state index contributed by atoms with van der Waals surface area (Å²) in [4.78, 5) is 10.8. The summed E-state index contributed by atoms with van der Waals surface area (Å²) in [5.74, 6) is -1.15. The predicted octanol–water partition coefficient (Wildman–Crippen LogP) is 2.02. The molecule has 0 aliphatic rings. The number of nitrogen functional groups attached to an aromatic ring is 1. The first-order valence-electron chi connectivity index (χ1n) is 6.50. The van der Waals surface area contributed by atoms with Crippen molar-refractivity contribution in [2.24, 2.45) is 5.41 Å². The van der Waals surface area contributed by atoms with Crippen molar-refractivity contribution in [2.75, 3.05) is 12.8 Å². The van der Waals surface area contributed by atoms with E-state index in [2.05, 4.69) is 0 Å². The van der Waals surface area contributed by atoms with Gasteiger partial charge in [-0.1, -0.05) is 20.8 Å². The number of benzene rings is 1. The Kier molecular flexibility index (Phi) is 4.70. The Morgan fingerprint density at radius 3 is 2.24 bits per heavy atom. The smallest absolute Gasteiger partial charge is 0.335 e. The first-order chi connectivity index (χ1) is 9.39. The summed E-state index contributed by atoms with van der Waals surface area (Å²) in [6.07, 6.45) is 0. The van der Waals surface area contributed by atoms with Crippen LogP contribution in [-0.2, 0) is 10.0 Å². The number of hydrogen-bond acceptors (Lipinski definition) is 4. The number of rotatable bonds is 4. The molecule has 1 atom stereocenters. The predicted molar refractivity (Wildman–Crippen MR) is 81.7 cm³/mol. The fourth-order valence-electron chi connectivity index (χ4n) is 1.83. The van der Waals surface area contributed by atoms with Crippen LogP contribution in [0.25, 0.3) is 0 Å². The van der Waals surface area contributed by atoms with Crippen LogP contribution in [0.3, 0.4) is 0 Å². The van der Waals surface area contributed by atoms with E-state index in [0.717, 1.165) is 6.07 Å². The van der Waals surface area contributed by atoms with E-state index in [1.807, 2.05) is 27.7 Å². The van der Waals surface area contributed by atoms with Crippen LogP contribution in [0.5, 0.6) is 0 Å². The van der Waals surface area contributed by atoms with Gasteiger partial charge in [-0.25, -0.2) is 13.2 Å². The van der Waals surface area contributed by atoms with E-state index in [1.165, 1.54) is 23.5 Å². The normalized spacial score (nSPS) is 14.2. The van der Waals surface area contributed by atoms with Crippen LogP contribution in [0.4, 0.5) is 5.69 Å². The van der Waals surface area contributed by atoms with Crippen molar-refractivity contribution in [3.05, 3.63) is 23.8 Å². The largest absolute Gasteiger partial charge is 0.478 e. The quantitative estimate of drug-likeness (QED) is 0.828. The molecule has 0 radical (unpaired) electrons. The molecule has 0 fully saturated rings. The summed E-state index contributed by atoms with van der Waals surface area (Å²) < 4.78 is 26.5. The van der Waals surface area contributed by atoms with Crippen molar-refractivity contribution >= 4 is 21.7 Å². The molecule has 21 heavy (non-hydrogen) atoms. The molecular formula is C14H22N2O4S. The number of nitrogens with zero attached hydrogens (tertiary/aromatic N) is 1. The molecule has 0 spiro atoms. The molecule has 0 bridgehead atoms. The third kappa shape index (κ3) is 3.54. The van der Waals surface area contributed by atoms with Crippen molar-refractivity contribution in [1.82, 2.24) is 4.31 Å². The van der Waals surface area contributed by atoms with Crippen LogP contribution >= 0.6 is 0 Å². The van der Waals surface area contributed by atoms with E-state index in [0.29, 0.717) is 0 Å². The van der Waals surface area contributed by atoms with Crippen molar-refractivity contribution < 1.29 is 18.3 Å². The van der Waals surface area contributed by atoms with Gasteiger partial charge in [0.15, 0.2) is 0 Å². The number of nitrogens with two attached hydrogens (primary N) is 1. The fourth-order valence-corrected chi connectivity index (χ4v) is 3.46. The summed E-state index contributed by atoms with van der Waals surface area (Å²) in [6, 6.07) is 3.38. The van der Waals surface area contributed by atoms with Crippen LogP contribution in [-0.4, -0.2) is 36.9 Å². The maximum Gasteiger partial charge on any atom is 0.335 e. The lowest BCUT2D eigenvalue weighted by Crippen LogP contribution is -2.43. The minimum Gasteiger partial charge on any atom is -0.478 e. The number of carboxylic acid groups (broad SMARTS) is 1. The lowest BCUT2D eigenvalue weighted by atomic mass is 9.88. The topological polar surface area (TPSA) is 101 Å². The molecule has 0 saturated carbocycles. The van der Waals surface area contributed by atoms with Gasteiger partial charge in [-0.2, -0.15) is 4.31 Å². The Bertz CT molecular complexity index is 647. The number of carboxylic acids is 1. The van der Waals surface area contributed by atoms with Crippen molar-refractivity contribution in [1.29, 1.82) is 0 Å². The summed E-state index contributed by atoms with van der Waals surface area (Å²) in [5, 5.41) is 8.89. The van der Waals surface area contributed by atoms with Gasteiger partial charge in [-0.3, -0.25) is 0 Å². The van der Waals surface area contributed by atoms with Gasteiger partial charge < -0.3 is 10.8 Å². The molecule has 1 unspecified atom stereocenters. The number of aromatic carboxylic acids is 1. The number of anilines is 1. The van der Waals surface area contributed by atoms with E-state index >= 15 is 0 Å². The highest BCUT2D eigenvalue weighted by Gasteiger charge is 2.33. The first kappa shape index (κ1) is 17.5. The number of hydrogen-bond donors (Lipinski definition) is 2. The highest BCUT2D eigenvalue weighted by molar-refractivity contribution is 7.89. The second kappa shape index (κ2) is 5.65. The molecule has 1 rings (SSSR count). The Hall–Kier alpha value is -1.60. The zero-order valence-electron chi connectivity index (χ0n) is 12.9. The van der Waals surface area contributed by atoms with E-state index in [1.54, 1.807) is 0 Å². The monoisotopic (exact) mass is 314 g/mol. The summed E-state index contributed by atoms with van der Waals surface area (Å²) in [7, 11) is -2.28. The van der Waals surface area contributed by atoms with Gasteiger partial charge >= 0.3 is 5.97 Å². The molecule has 0 aliphatic heterocycles. The number of sulfonamides is 1. The standard InChI is InChI=1S/C14H22N2O4S/c1-9(14(2,3)4)16(5)21(19,20)12-7-6-10(13(17)18)8-11(12)15/h6-9H,15H2,1-5H3,(H,17,18). The minimum atomic E-state index is -3.78. The van der Waals surface area contributed by atoms with Crippen LogP contribution in [0.1, 0.15) is 38.1 Å². The van der Waals surface area contributed by atoms with Gasteiger partial charge in [0.1, 0.15) is 4.90 Å². The van der Waals surface area contributed by atoms with Gasteiger partial charge in [0.25, 0.3) is 0 Å². The third-order valence-corrected chi connectivity index (χ3v) is 5.71. The molecule has 1 aromatic rings. The lowest BCUT2D eigenvalue weighted by Gasteiger charge is -2.34. The molecule has 0 aliphatic carbocycles.